The molecule has 1 amide bonds. The maximum absolute atomic E-state index is 12.8. The zero-order valence-corrected chi connectivity index (χ0v) is 16.5. The van der Waals surface area contributed by atoms with Crippen molar-refractivity contribution in [3.63, 3.8) is 0 Å². The van der Waals surface area contributed by atoms with Gasteiger partial charge < -0.3 is 15.4 Å². The molecule has 1 saturated heterocycles. The van der Waals surface area contributed by atoms with Crippen LogP contribution in [0.4, 0.5) is 0 Å². The standard InChI is InChI=1S/C20H21N3O2S2/c24-19(22-11-14-2-1-3-15-17(14)26-12-23-15)16-10-13-4-9-25-20(18(13)27-16)5-7-21-8-6-20/h1-3,10,12,21H,4-9,11H2,(H,22,24). The molecule has 1 fully saturated rings. The first-order valence-corrected chi connectivity index (χ1v) is 11.0. The molecule has 2 aliphatic heterocycles. The minimum atomic E-state index is -0.184. The molecule has 4 heterocycles. The molecule has 140 valence electrons. The summed E-state index contributed by atoms with van der Waals surface area (Å²) >= 11 is 3.23. The number of carbonyl (C=O) groups is 1. The molecule has 0 saturated carbocycles. The van der Waals surface area contributed by atoms with Crippen molar-refractivity contribution >= 4 is 38.8 Å². The van der Waals surface area contributed by atoms with E-state index in [4.69, 9.17) is 4.74 Å². The Morgan fingerprint density at radius 1 is 1.33 bits per heavy atom. The van der Waals surface area contributed by atoms with Gasteiger partial charge in [-0.25, -0.2) is 4.98 Å². The van der Waals surface area contributed by atoms with Crippen LogP contribution in [-0.4, -0.2) is 30.6 Å². The molecular formula is C20H21N3O2S2. The van der Waals surface area contributed by atoms with Crippen molar-refractivity contribution < 1.29 is 9.53 Å². The highest BCUT2D eigenvalue weighted by Crippen LogP contribution is 2.44. The number of hydrogen-bond donors (Lipinski definition) is 2. The SMILES string of the molecule is O=C(NCc1cccc2ncsc12)c1cc2c(s1)C1(CCNCC1)OCC2. The van der Waals surface area contributed by atoms with Crippen LogP contribution in [-0.2, 0) is 23.3 Å². The van der Waals surface area contributed by atoms with Gasteiger partial charge in [-0.3, -0.25) is 4.79 Å². The number of rotatable bonds is 3. The van der Waals surface area contributed by atoms with E-state index in [1.807, 2.05) is 17.6 Å². The monoisotopic (exact) mass is 399 g/mol. The summed E-state index contributed by atoms with van der Waals surface area (Å²) in [4.78, 5) is 19.2. The molecule has 2 aliphatic rings. The van der Waals surface area contributed by atoms with Crippen LogP contribution >= 0.6 is 22.7 Å². The number of nitrogens with zero attached hydrogens (tertiary/aromatic N) is 1. The van der Waals surface area contributed by atoms with Crippen molar-refractivity contribution in [2.24, 2.45) is 0 Å². The van der Waals surface area contributed by atoms with Gasteiger partial charge in [-0.05, 0) is 55.6 Å². The average Bonchev–Trinajstić information content (AvgIpc) is 3.35. The van der Waals surface area contributed by atoms with Crippen molar-refractivity contribution in [3.05, 3.63) is 50.7 Å². The fraction of sp³-hybridized carbons (Fsp3) is 0.400. The Balaban J connectivity index is 1.36. The van der Waals surface area contributed by atoms with Gasteiger partial charge in [-0.1, -0.05) is 12.1 Å². The number of benzene rings is 1. The van der Waals surface area contributed by atoms with Crippen molar-refractivity contribution in [2.45, 2.75) is 31.4 Å². The number of nitrogens with one attached hydrogen (secondary N) is 2. The molecular weight excluding hydrogens is 378 g/mol. The number of aromatic nitrogens is 1. The summed E-state index contributed by atoms with van der Waals surface area (Å²) in [7, 11) is 0. The van der Waals surface area contributed by atoms with E-state index in [2.05, 4.69) is 27.8 Å². The molecule has 0 bridgehead atoms. The van der Waals surface area contributed by atoms with E-state index in [1.165, 1.54) is 10.4 Å². The zero-order valence-electron chi connectivity index (χ0n) is 14.9. The van der Waals surface area contributed by atoms with Crippen molar-refractivity contribution in [2.75, 3.05) is 19.7 Å². The van der Waals surface area contributed by atoms with Crippen molar-refractivity contribution in [3.8, 4) is 0 Å². The molecule has 3 aromatic rings. The third-order valence-electron chi connectivity index (χ3n) is 5.49. The molecule has 5 rings (SSSR count). The largest absolute Gasteiger partial charge is 0.369 e. The number of ether oxygens (including phenoxy) is 1. The first-order valence-electron chi connectivity index (χ1n) is 9.32. The Bertz CT molecular complexity index is 988. The second-order valence-corrected chi connectivity index (χ2v) is 9.02. The average molecular weight is 400 g/mol. The highest BCUT2D eigenvalue weighted by atomic mass is 32.1. The fourth-order valence-corrected chi connectivity index (χ4v) is 6.21. The van der Waals surface area contributed by atoms with Gasteiger partial charge >= 0.3 is 0 Å². The highest BCUT2D eigenvalue weighted by molar-refractivity contribution is 7.17. The van der Waals surface area contributed by atoms with Crippen LogP contribution in [0, 0.1) is 0 Å². The smallest absolute Gasteiger partial charge is 0.261 e. The Morgan fingerprint density at radius 3 is 3.11 bits per heavy atom. The third-order valence-corrected chi connectivity index (χ3v) is 7.76. The minimum Gasteiger partial charge on any atom is -0.369 e. The number of carbonyl (C=O) groups excluding carboxylic acids is 1. The molecule has 27 heavy (non-hydrogen) atoms. The molecule has 0 unspecified atom stereocenters. The lowest BCUT2D eigenvalue weighted by atomic mass is 9.86. The lowest BCUT2D eigenvalue weighted by Gasteiger charge is -2.40. The lowest BCUT2D eigenvalue weighted by molar-refractivity contribution is -0.0771. The topological polar surface area (TPSA) is 63.2 Å². The molecule has 7 heteroatoms. The summed E-state index contributed by atoms with van der Waals surface area (Å²) in [5, 5.41) is 6.50. The summed E-state index contributed by atoms with van der Waals surface area (Å²) in [5.74, 6) is 0.00000260. The van der Waals surface area contributed by atoms with Gasteiger partial charge in [0.1, 0.15) is 5.60 Å². The molecule has 0 aliphatic carbocycles. The van der Waals surface area contributed by atoms with Gasteiger partial charge in [0.15, 0.2) is 0 Å². The van der Waals surface area contributed by atoms with Crippen LogP contribution in [0.2, 0.25) is 0 Å². The summed E-state index contributed by atoms with van der Waals surface area (Å²) in [6.07, 6.45) is 2.86. The number of thiophene rings is 1. The van der Waals surface area contributed by atoms with Gasteiger partial charge in [0, 0.05) is 11.4 Å². The first kappa shape index (κ1) is 17.3. The Kier molecular flexibility index (Phi) is 4.47. The first-order chi connectivity index (χ1) is 13.3. The molecule has 0 radical (unpaired) electrons. The van der Waals surface area contributed by atoms with Crippen LogP contribution in [0.15, 0.2) is 29.8 Å². The zero-order chi connectivity index (χ0) is 18.3. The summed E-state index contributed by atoms with van der Waals surface area (Å²) < 4.78 is 7.37. The normalized spacial score (nSPS) is 18.5. The summed E-state index contributed by atoms with van der Waals surface area (Å²) in [5.41, 5.74) is 5.06. The van der Waals surface area contributed by atoms with E-state index < -0.39 is 0 Å². The van der Waals surface area contributed by atoms with Crippen molar-refractivity contribution in [1.82, 2.24) is 15.6 Å². The second kappa shape index (κ2) is 6.98. The predicted octanol–water partition coefficient (Wildman–Crippen LogP) is 3.44. The van der Waals surface area contributed by atoms with Gasteiger partial charge in [-0.15, -0.1) is 22.7 Å². The highest BCUT2D eigenvalue weighted by Gasteiger charge is 2.41. The maximum Gasteiger partial charge on any atom is 0.261 e. The second-order valence-electron chi connectivity index (χ2n) is 7.11. The van der Waals surface area contributed by atoms with Gasteiger partial charge in [0.2, 0.25) is 0 Å². The Morgan fingerprint density at radius 2 is 2.22 bits per heavy atom. The molecule has 1 aromatic carbocycles. The van der Waals surface area contributed by atoms with Crippen LogP contribution < -0.4 is 10.6 Å². The molecule has 2 aromatic heterocycles. The number of hydrogen-bond acceptors (Lipinski definition) is 6. The van der Waals surface area contributed by atoms with E-state index in [-0.39, 0.29) is 11.5 Å². The predicted molar refractivity (Wildman–Crippen MR) is 109 cm³/mol. The molecule has 1 spiro atoms. The van der Waals surface area contributed by atoms with Crippen LogP contribution in [0.5, 0.6) is 0 Å². The maximum atomic E-state index is 12.8. The lowest BCUT2D eigenvalue weighted by Crippen LogP contribution is -2.43. The van der Waals surface area contributed by atoms with Gasteiger partial charge in [0.25, 0.3) is 5.91 Å². The van der Waals surface area contributed by atoms with Crippen LogP contribution in [0.1, 0.15) is 38.5 Å². The van der Waals surface area contributed by atoms with E-state index >= 15 is 0 Å². The Labute approximate surface area is 165 Å². The van der Waals surface area contributed by atoms with Crippen molar-refractivity contribution in [1.29, 1.82) is 0 Å². The van der Waals surface area contributed by atoms with Crippen LogP contribution in [0.25, 0.3) is 10.2 Å². The molecule has 2 N–H and O–H groups in total. The van der Waals surface area contributed by atoms with E-state index in [9.17, 15) is 4.79 Å². The summed E-state index contributed by atoms with van der Waals surface area (Å²) in [6, 6.07) is 8.13. The quantitative estimate of drug-likeness (QED) is 0.708. The minimum absolute atomic E-state index is 0.00000260. The molecule has 5 nitrogen and oxygen atoms in total. The number of amides is 1. The van der Waals surface area contributed by atoms with E-state index in [0.717, 1.165) is 59.6 Å². The summed E-state index contributed by atoms with van der Waals surface area (Å²) in [6.45, 7) is 3.21. The fourth-order valence-electron chi connectivity index (χ4n) is 4.08. The van der Waals surface area contributed by atoms with Gasteiger partial charge in [-0.2, -0.15) is 0 Å². The van der Waals surface area contributed by atoms with E-state index in [0.29, 0.717) is 6.54 Å². The third kappa shape index (κ3) is 3.08. The number of thiazole rings is 1. The Hall–Kier alpha value is -1.80. The number of fused-ring (bicyclic) bond motifs is 3. The van der Waals surface area contributed by atoms with E-state index in [1.54, 1.807) is 22.7 Å². The number of piperidine rings is 1. The molecule has 0 atom stereocenters. The van der Waals surface area contributed by atoms with Crippen LogP contribution in [0.3, 0.4) is 0 Å². The van der Waals surface area contributed by atoms with Gasteiger partial charge in [0.05, 0.1) is 27.2 Å².